The lowest BCUT2D eigenvalue weighted by Crippen LogP contribution is -2.39. The average molecular weight is 331 g/mol. The van der Waals surface area contributed by atoms with Crippen molar-refractivity contribution in [2.75, 3.05) is 13.1 Å². The molecule has 3 heterocycles. The van der Waals surface area contributed by atoms with Crippen LogP contribution in [0.2, 0.25) is 0 Å². The Kier molecular flexibility index (Phi) is 4.73. The molecule has 0 spiro atoms. The second-order valence-electron chi connectivity index (χ2n) is 6.30. The van der Waals surface area contributed by atoms with E-state index in [1.165, 1.54) is 0 Å². The Morgan fingerprint density at radius 3 is 2.71 bits per heavy atom. The fourth-order valence-corrected chi connectivity index (χ4v) is 3.33. The summed E-state index contributed by atoms with van der Waals surface area (Å²) in [7, 11) is 0. The van der Waals surface area contributed by atoms with Gasteiger partial charge in [0.15, 0.2) is 0 Å². The van der Waals surface area contributed by atoms with Gasteiger partial charge in [0.1, 0.15) is 12.4 Å². The number of amides is 4. The number of carbonyl (C=O) groups is 3. The van der Waals surface area contributed by atoms with E-state index < -0.39 is 12.1 Å². The number of piperidine rings is 1. The molecule has 1 unspecified atom stereocenters. The second kappa shape index (κ2) is 6.94. The largest absolute Gasteiger partial charge is 0.343 e. The minimum atomic E-state index is -0.595. The first-order valence-corrected chi connectivity index (χ1v) is 8.20. The zero-order valence-corrected chi connectivity index (χ0v) is 13.6. The van der Waals surface area contributed by atoms with Crippen molar-refractivity contribution in [1.82, 2.24) is 25.5 Å². The van der Waals surface area contributed by atoms with E-state index in [9.17, 15) is 14.4 Å². The third-order valence-corrected chi connectivity index (χ3v) is 4.68. The molecule has 2 aliphatic heterocycles. The van der Waals surface area contributed by atoms with Crippen LogP contribution in [0.4, 0.5) is 4.79 Å². The topological polar surface area (TPSA) is 104 Å². The first-order valence-electron chi connectivity index (χ1n) is 8.20. The molecule has 2 saturated heterocycles. The van der Waals surface area contributed by atoms with Crippen molar-refractivity contribution in [2.24, 2.45) is 0 Å². The number of nitrogens with one attached hydrogen (secondary N) is 2. The molecule has 0 radical (unpaired) electrons. The van der Waals surface area contributed by atoms with Gasteiger partial charge in [0.2, 0.25) is 5.91 Å². The maximum atomic E-state index is 12.3. The van der Waals surface area contributed by atoms with Crippen LogP contribution in [-0.4, -0.2) is 51.8 Å². The van der Waals surface area contributed by atoms with Gasteiger partial charge < -0.3 is 10.2 Å². The summed E-state index contributed by atoms with van der Waals surface area (Å²) < 4.78 is 0. The lowest BCUT2D eigenvalue weighted by atomic mass is 9.91. The van der Waals surface area contributed by atoms with Gasteiger partial charge in [-0.05, 0) is 31.7 Å². The van der Waals surface area contributed by atoms with Gasteiger partial charge in [0.05, 0.1) is 0 Å². The molecule has 3 rings (SSSR count). The predicted octanol–water partition coefficient (Wildman–Crippen LogP) is 0.479. The maximum Gasteiger partial charge on any atom is 0.322 e. The van der Waals surface area contributed by atoms with Crippen LogP contribution in [0, 0.1) is 6.92 Å². The van der Waals surface area contributed by atoms with Crippen LogP contribution in [0.15, 0.2) is 12.5 Å². The van der Waals surface area contributed by atoms with Gasteiger partial charge in [0.25, 0.3) is 5.91 Å². The second-order valence-corrected chi connectivity index (χ2v) is 6.30. The van der Waals surface area contributed by atoms with Crippen LogP contribution in [0.5, 0.6) is 0 Å². The van der Waals surface area contributed by atoms with E-state index in [2.05, 4.69) is 20.6 Å². The molecule has 128 valence electrons. The van der Waals surface area contributed by atoms with Gasteiger partial charge in [-0.25, -0.2) is 14.8 Å². The Morgan fingerprint density at radius 2 is 2.08 bits per heavy atom. The molecule has 0 saturated carbocycles. The summed E-state index contributed by atoms with van der Waals surface area (Å²) >= 11 is 0. The van der Waals surface area contributed by atoms with Gasteiger partial charge in [-0.1, -0.05) is 0 Å². The average Bonchev–Trinajstić information content (AvgIpc) is 2.91. The first kappa shape index (κ1) is 16.4. The van der Waals surface area contributed by atoms with E-state index in [1.54, 1.807) is 6.33 Å². The van der Waals surface area contributed by atoms with E-state index in [-0.39, 0.29) is 18.2 Å². The third kappa shape index (κ3) is 3.52. The number of hydrogen-bond donors (Lipinski definition) is 2. The van der Waals surface area contributed by atoms with Crippen molar-refractivity contribution in [3.8, 4) is 0 Å². The lowest BCUT2D eigenvalue weighted by Gasteiger charge is -2.32. The number of imide groups is 1. The highest BCUT2D eigenvalue weighted by atomic mass is 16.2. The van der Waals surface area contributed by atoms with E-state index >= 15 is 0 Å². The fraction of sp³-hybridized carbons (Fsp3) is 0.562. The van der Waals surface area contributed by atoms with E-state index in [4.69, 9.17) is 0 Å². The zero-order valence-electron chi connectivity index (χ0n) is 13.6. The molecule has 2 N–H and O–H groups in total. The molecule has 24 heavy (non-hydrogen) atoms. The predicted molar refractivity (Wildman–Crippen MR) is 85.0 cm³/mol. The number of rotatable bonds is 4. The Hall–Kier alpha value is -2.51. The quantitative estimate of drug-likeness (QED) is 0.781. The molecule has 2 aliphatic rings. The molecular weight excluding hydrogens is 310 g/mol. The van der Waals surface area contributed by atoms with Gasteiger partial charge in [-0.2, -0.15) is 0 Å². The van der Waals surface area contributed by atoms with Gasteiger partial charge in [0, 0.05) is 37.3 Å². The highest BCUT2D eigenvalue weighted by Gasteiger charge is 2.31. The van der Waals surface area contributed by atoms with E-state index in [0.29, 0.717) is 25.4 Å². The standard InChI is InChI=1S/C16H21N5O3/c1-10-8-17-9-18-14(10)11-4-6-21(7-5-11)13(22)3-2-12-15(23)20-16(24)19-12/h8-9,11-12H,2-7H2,1H3,(H2,19,20,23,24). The van der Waals surface area contributed by atoms with E-state index in [1.807, 2.05) is 18.0 Å². The van der Waals surface area contributed by atoms with Crippen molar-refractivity contribution in [3.63, 3.8) is 0 Å². The van der Waals surface area contributed by atoms with Gasteiger partial charge in [-0.15, -0.1) is 0 Å². The number of carbonyl (C=O) groups excluding carboxylic acids is 3. The number of hydrogen-bond acceptors (Lipinski definition) is 5. The molecule has 8 nitrogen and oxygen atoms in total. The summed E-state index contributed by atoms with van der Waals surface area (Å²) in [6.45, 7) is 3.39. The third-order valence-electron chi connectivity index (χ3n) is 4.68. The molecule has 0 bridgehead atoms. The molecule has 1 aromatic rings. The Bertz CT molecular complexity index is 655. The summed E-state index contributed by atoms with van der Waals surface area (Å²) in [6, 6.07) is -1.08. The molecule has 2 fully saturated rings. The fourth-order valence-electron chi connectivity index (χ4n) is 3.33. The minimum Gasteiger partial charge on any atom is -0.343 e. The molecule has 1 atom stereocenters. The highest BCUT2D eigenvalue weighted by molar-refractivity contribution is 6.04. The zero-order chi connectivity index (χ0) is 17.1. The summed E-state index contributed by atoms with van der Waals surface area (Å²) in [5, 5.41) is 4.69. The number of likely N-dealkylation sites (tertiary alicyclic amines) is 1. The summed E-state index contributed by atoms with van der Waals surface area (Å²) in [4.78, 5) is 45.1. The molecular formula is C16H21N5O3. The number of aromatic nitrogens is 2. The normalized spacial score (nSPS) is 21.5. The number of urea groups is 1. The smallest absolute Gasteiger partial charge is 0.322 e. The molecule has 0 aromatic carbocycles. The van der Waals surface area contributed by atoms with Crippen molar-refractivity contribution in [1.29, 1.82) is 0 Å². The lowest BCUT2D eigenvalue weighted by molar-refractivity contribution is -0.132. The van der Waals surface area contributed by atoms with Crippen LogP contribution in [0.3, 0.4) is 0 Å². The van der Waals surface area contributed by atoms with Gasteiger partial charge >= 0.3 is 6.03 Å². The minimum absolute atomic E-state index is 0.0295. The van der Waals surface area contributed by atoms with Crippen LogP contribution in [-0.2, 0) is 9.59 Å². The van der Waals surface area contributed by atoms with Crippen molar-refractivity contribution in [2.45, 2.75) is 44.6 Å². The van der Waals surface area contributed by atoms with Crippen LogP contribution >= 0.6 is 0 Å². The maximum absolute atomic E-state index is 12.3. The Balaban J connectivity index is 1.48. The number of aryl methyl sites for hydroxylation is 1. The number of nitrogens with zero attached hydrogens (tertiary/aromatic N) is 3. The SMILES string of the molecule is Cc1cncnc1C1CCN(C(=O)CCC2NC(=O)NC2=O)CC1. The Morgan fingerprint density at radius 1 is 1.33 bits per heavy atom. The van der Waals surface area contributed by atoms with Crippen molar-refractivity contribution < 1.29 is 14.4 Å². The summed E-state index contributed by atoms with van der Waals surface area (Å²) in [6.07, 6.45) is 5.74. The highest BCUT2D eigenvalue weighted by Crippen LogP contribution is 2.28. The van der Waals surface area contributed by atoms with Crippen molar-refractivity contribution >= 4 is 17.8 Å². The van der Waals surface area contributed by atoms with Crippen LogP contribution in [0.1, 0.15) is 42.9 Å². The van der Waals surface area contributed by atoms with Crippen molar-refractivity contribution in [3.05, 3.63) is 23.8 Å². The monoisotopic (exact) mass is 331 g/mol. The van der Waals surface area contributed by atoms with Gasteiger partial charge in [-0.3, -0.25) is 14.9 Å². The molecule has 0 aliphatic carbocycles. The first-order chi connectivity index (χ1) is 11.5. The molecule has 8 heteroatoms. The summed E-state index contributed by atoms with van der Waals surface area (Å²) in [5.74, 6) is 0.0319. The van der Waals surface area contributed by atoms with Crippen LogP contribution in [0.25, 0.3) is 0 Å². The molecule has 4 amide bonds. The Labute approximate surface area is 140 Å². The van der Waals surface area contributed by atoms with Crippen LogP contribution < -0.4 is 10.6 Å². The summed E-state index contributed by atoms with van der Waals surface area (Å²) in [5.41, 5.74) is 2.16. The van der Waals surface area contributed by atoms with E-state index in [0.717, 1.165) is 24.1 Å². The molecule has 1 aromatic heterocycles.